The maximum absolute atomic E-state index is 12.8. The van der Waals surface area contributed by atoms with Crippen LogP contribution in [0, 0.1) is 0 Å². The lowest BCUT2D eigenvalue weighted by molar-refractivity contribution is 0.100. The molecule has 0 aliphatic carbocycles. The van der Waals surface area contributed by atoms with Crippen molar-refractivity contribution in [3.05, 3.63) is 82.9 Å². The topological polar surface area (TPSA) is 93.0 Å². The lowest BCUT2D eigenvalue weighted by Crippen LogP contribution is -2.26. The summed E-state index contributed by atoms with van der Waals surface area (Å²) in [5.41, 5.74) is 9.69. The molecule has 0 bridgehead atoms. The van der Waals surface area contributed by atoms with Crippen LogP contribution >= 0.6 is 11.3 Å². The molecule has 2 aromatic carbocycles. The molecule has 1 amide bonds. The number of thiophene rings is 1. The fourth-order valence-electron chi connectivity index (χ4n) is 4.64. The highest BCUT2D eigenvalue weighted by atomic mass is 32.2. The highest BCUT2D eigenvalue weighted by Crippen LogP contribution is 2.44. The molecule has 7 heteroatoms. The average Bonchev–Trinajstić information content (AvgIpc) is 3.44. The predicted octanol–water partition coefficient (Wildman–Crippen LogP) is 5.03. The molecule has 1 aliphatic rings. The van der Waals surface area contributed by atoms with Gasteiger partial charge in [0.1, 0.15) is 0 Å². The maximum Gasteiger partial charge on any atom is 0.250 e. The molecule has 2 atom stereocenters. The summed E-state index contributed by atoms with van der Waals surface area (Å²) in [7, 11) is -3.20. The van der Waals surface area contributed by atoms with Crippen molar-refractivity contribution in [3.63, 3.8) is 0 Å². The molecule has 5 rings (SSSR count). The Kier molecular flexibility index (Phi) is 4.95. The van der Waals surface area contributed by atoms with Crippen LogP contribution in [-0.4, -0.2) is 25.1 Å². The molecule has 1 saturated heterocycles. The smallest absolute Gasteiger partial charge is 0.250 e. The largest absolute Gasteiger partial charge is 0.366 e. The van der Waals surface area contributed by atoms with Crippen molar-refractivity contribution in [1.29, 1.82) is 0 Å². The third kappa shape index (κ3) is 3.58. The van der Waals surface area contributed by atoms with Gasteiger partial charge in [-0.05, 0) is 59.0 Å². The summed E-state index contributed by atoms with van der Waals surface area (Å²) in [5, 5.41) is 2.42. The van der Waals surface area contributed by atoms with Crippen LogP contribution in [0.3, 0.4) is 0 Å². The molecule has 2 aromatic heterocycles. The van der Waals surface area contributed by atoms with Crippen molar-refractivity contribution in [2.45, 2.75) is 24.0 Å². The summed E-state index contributed by atoms with van der Waals surface area (Å²) in [6.45, 7) is 0. The van der Waals surface area contributed by atoms with Gasteiger partial charge in [0.2, 0.25) is 0 Å². The Balaban J connectivity index is 1.61. The molecule has 158 valence electrons. The number of primary amides is 1. The van der Waals surface area contributed by atoms with Gasteiger partial charge in [0.25, 0.3) is 5.91 Å². The number of amides is 1. The minimum atomic E-state index is -3.20. The van der Waals surface area contributed by atoms with Crippen LogP contribution in [0.25, 0.3) is 21.3 Å². The second-order valence-corrected chi connectivity index (χ2v) is 11.3. The van der Waals surface area contributed by atoms with Crippen LogP contribution in [-0.2, 0) is 9.84 Å². The second kappa shape index (κ2) is 7.66. The van der Waals surface area contributed by atoms with Crippen LogP contribution in [0.5, 0.6) is 0 Å². The first kappa shape index (κ1) is 20.0. The third-order valence-electron chi connectivity index (χ3n) is 6.19. The zero-order valence-electron chi connectivity index (χ0n) is 16.7. The lowest BCUT2D eigenvalue weighted by atomic mass is 9.88. The summed E-state index contributed by atoms with van der Waals surface area (Å²) in [4.78, 5) is 16.5. The third-order valence-corrected chi connectivity index (χ3v) is 9.24. The molecular formula is C24H22N2O3S2. The van der Waals surface area contributed by atoms with Crippen LogP contribution in [0.2, 0.25) is 0 Å². The molecule has 0 spiro atoms. The van der Waals surface area contributed by atoms with Crippen LogP contribution < -0.4 is 5.73 Å². The van der Waals surface area contributed by atoms with Crippen LogP contribution in [0.1, 0.15) is 45.5 Å². The number of nitrogens with two attached hydrogens (primary N) is 1. The minimum Gasteiger partial charge on any atom is -0.366 e. The fraction of sp³-hybridized carbons (Fsp3) is 0.208. The highest BCUT2D eigenvalue weighted by Gasteiger charge is 2.36. The predicted molar refractivity (Wildman–Crippen MR) is 125 cm³/mol. The number of nitrogens with one attached hydrogen (secondary N) is 1. The Labute approximate surface area is 184 Å². The minimum absolute atomic E-state index is 0.0711. The molecule has 3 N–H and O–H groups in total. The van der Waals surface area contributed by atoms with Gasteiger partial charge >= 0.3 is 0 Å². The molecule has 3 heterocycles. The Hall–Kier alpha value is -2.90. The number of aromatic nitrogens is 1. The van der Waals surface area contributed by atoms with E-state index in [0.717, 1.165) is 27.0 Å². The molecule has 0 radical (unpaired) electrons. The molecule has 0 unspecified atom stereocenters. The molecule has 4 aromatic rings. The standard InChI is InChI=1S/C24H22N2O3S2/c25-24(27)19-12-17(21-7-4-9-30-21)11-18-20(14-26-23(18)19)16-8-10-31(28,29)22(13-16)15-5-2-1-3-6-15/h1-7,9,11-12,14,16,22,26H,8,10,13H2,(H2,25,27)/t16-,22+/m0/s1. The number of aromatic amines is 1. The summed E-state index contributed by atoms with van der Waals surface area (Å²) in [6.07, 6.45) is 3.00. The molecule has 0 saturated carbocycles. The van der Waals surface area contributed by atoms with E-state index in [0.29, 0.717) is 23.9 Å². The number of H-pyrrole nitrogens is 1. The lowest BCUT2D eigenvalue weighted by Gasteiger charge is -2.29. The number of sulfone groups is 1. The van der Waals surface area contributed by atoms with E-state index in [1.54, 1.807) is 11.3 Å². The van der Waals surface area contributed by atoms with E-state index in [9.17, 15) is 13.2 Å². The summed E-state index contributed by atoms with van der Waals surface area (Å²) in [5.74, 6) is -0.260. The molecular weight excluding hydrogens is 428 g/mol. The van der Waals surface area contributed by atoms with E-state index in [4.69, 9.17) is 5.73 Å². The van der Waals surface area contributed by atoms with Crippen molar-refractivity contribution in [3.8, 4) is 10.4 Å². The second-order valence-electron chi connectivity index (χ2n) is 8.02. The van der Waals surface area contributed by atoms with Gasteiger partial charge in [0.05, 0.1) is 22.1 Å². The Morgan fingerprint density at radius 2 is 1.90 bits per heavy atom. The van der Waals surface area contributed by atoms with Crippen molar-refractivity contribution in [2.24, 2.45) is 5.73 Å². The molecule has 5 nitrogen and oxygen atoms in total. The summed E-state index contributed by atoms with van der Waals surface area (Å²) < 4.78 is 25.7. The van der Waals surface area contributed by atoms with E-state index in [-0.39, 0.29) is 11.7 Å². The zero-order valence-corrected chi connectivity index (χ0v) is 18.4. The maximum atomic E-state index is 12.8. The summed E-state index contributed by atoms with van der Waals surface area (Å²) >= 11 is 1.60. The van der Waals surface area contributed by atoms with Crippen molar-refractivity contribution < 1.29 is 13.2 Å². The number of fused-ring (bicyclic) bond motifs is 1. The van der Waals surface area contributed by atoms with Crippen molar-refractivity contribution in [2.75, 3.05) is 5.75 Å². The average molecular weight is 451 g/mol. The first-order valence-electron chi connectivity index (χ1n) is 10.2. The van der Waals surface area contributed by atoms with Crippen molar-refractivity contribution >= 4 is 38.0 Å². The van der Waals surface area contributed by atoms with Gasteiger partial charge in [-0.2, -0.15) is 0 Å². The van der Waals surface area contributed by atoms with Gasteiger partial charge < -0.3 is 10.7 Å². The van der Waals surface area contributed by atoms with E-state index < -0.39 is 21.0 Å². The van der Waals surface area contributed by atoms with E-state index in [1.165, 1.54) is 0 Å². The van der Waals surface area contributed by atoms with E-state index in [1.807, 2.05) is 60.1 Å². The number of rotatable bonds is 4. The van der Waals surface area contributed by atoms with Gasteiger partial charge in [-0.3, -0.25) is 4.79 Å². The number of hydrogen-bond donors (Lipinski definition) is 2. The number of benzene rings is 2. The molecule has 1 aliphatic heterocycles. The van der Waals surface area contributed by atoms with Gasteiger partial charge in [0, 0.05) is 16.5 Å². The first-order chi connectivity index (χ1) is 14.9. The number of hydrogen-bond acceptors (Lipinski definition) is 4. The Bertz CT molecular complexity index is 1360. The zero-order chi connectivity index (χ0) is 21.6. The van der Waals surface area contributed by atoms with Crippen LogP contribution in [0.4, 0.5) is 0 Å². The van der Waals surface area contributed by atoms with Crippen LogP contribution in [0.15, 0.2) is 66.2 Å². The fourth-order valence-corrected chi connectivity index (χ4v) is 7.35. The van der Waals surface area contributed by atoms with Crippen molar-refractivity contribution in [1.82, 2.24) is 4.98 Å². The molecule has 31 heavy (non-hydrogen) atoms. The normalized spacial score (nSPS) is 20.6. The van der Waals surface area contributed by atoms with Gasteiger partial charge in [-0.15, -0.1) is 11.3 Å². The molecule has 1 fully saturated rings. The quantitative estimate of drug-likeness (QED) is 0.457. The first-order valence-corrected chi connectivity index (χ1v) is 12.8. The van der Waals surface area contributed by atoms with Gasteiger partial charge in [-0.1, -0.05) is 36.4 Å². The van der Waals surface area contributed by atoms with E-state index >= 15 is 0 Å². The van der Waals surface area contributed by atoms with E-state index in [2.05, 4.69) is 11.1 Å². The summed E-state index contributed by atoms with van der Waals surface area (Å²) in [6, 6.07) is 17.3. The Morgan fingerprint density at radius 1 is 1.10 bits per heavy atom. The Morgan fingerprint density at radius 3 is 2.61 bits per heavy atom. The number of carbonyl (C=O) groups excluding carboxylic acids is 1. The SMILES string of the molecule is NC(=O)c1cc(-c2cccs2)cc2c([C@H]3CCS(=O)(=O)[C@@H](c4ccccc4)C3)c[nH]c12. The highest BCUT2D eigenvalue weighted by molar-refractivity contribution is 7.91. The number of carbonyl (C=O) groups is 1. The monoisotopic (exact) mass is 450 g/mol. The van der Waals surface area contributed by atoms with Gasteiger partial charge in [0.15, 0.2) is 9.84 Å². The van der Waals surface area contributed by atoms with Gasteiger partial charge in [-0.25, -0.2) is 8.42 Å².